The van der Waals surface area contributed by atoms with Gasteiger partial charge in [-0.15, -0.1) is 11.3 Å². The number of rotatable bonds is 5. The molecule has 0 saturated heterocycles. The summed E-state index contributed by atoms with van der Waals surface area (Å²) in [7, 11) is 0. The Hall–Kier alpha value is -2.61. The smallest absolute Gasteiger partial charge is 0.348 e. The minimum Gasteiger partial charge on any atom is -0.348 e. The normalized spacial score (nSPS) is 11.6. The van der Waals surface area contributed by atoms with E-state index in [9.17, 15) is 18.0 Å². The third-order valence-corrected chi connectivity index (χ3v) is 5.23. The van der Waals surface area contributed by atoms with E-state index in [0.29, 0.717) is 5.13 Å². The quantitative estimate of drug-likeness (QED) is 0.572. The van der Waals surface area contributed by atoms with E-state index in [-0.39, 0.29) is 5.56 Å². The summed E-state index contributed by atoms with van der Waals surface area (Å²) in [6.07, 6.45) is -3.48. The number of anilines is 1. The molecule has 3 aromatic rings. The molecule has 4 nitrogen and oxygen atoms in total. The first kappa shape index (κ1) is 20.1. The number of nitrogens with zero attached hydrogens (tertiary/aromatic N) is 2. The average Bonchev–Trinajstić information content (AvgIpc) is 3.21. The van der Waals surface area contributed by atoms with Gasteiger partial charge < -0.3 is 4.57 Å². The molecule has 28 heavy (non-hydrogen) atoms. The number of alkyl halides is 3. The van der Waals surface area contributed by atoms with Crippen LogP contribution in [0.2, 0.25) is 0 Å². The first-order valence-electron chi connectivity index (χ1n) is 8.82. The number of thiazole rings is 1. The van der Waals surface area contributed by atoms with Crippen LogP contribution < -0.4 is 5.32 Å². The minimum atomic E-state index is -4.49. The van der Waals surface area contributed by atoms with Crippen molar-refractivity contribution in [2.24, 2.45) is 0 Å². The maximum atomic E-state index is 12.8. The van der Waals surface area contributed by atoms with Crippen molar-refractivity contribution in [3.8, 4) is 11.3 Å². The second-order valence-corrected chi connectivity index (χ2v) is 7.37. The predicted molar refractivity (Wildman–Crippen MR) is 105 cm³/mol. The van der Waals surface area contributed by atoms with E-state index in [4.69, 9.17) is 0 Å². The van der Waals surface area contributed by atoms with E-state index in [2.05, 4.69) is 27.9 Å². The molecule has 148 valence electrons. The summed E-state index contributed by atoms with van der Waals surface area (Å²) < 4.78 is 40.7. The summed E-state index contributed by atoms with van der Waals surface area (Å²) in [5.74, 6) is -0.622. The van der Waals surface area contributed by atoms with Crippen LogP contribution in [0.5, 0.6) is 0 Å². The third-order valence-electron chi connectivity index (χ3n) is 4.47. The molecule has 0 atom stereocenters. The second-order valence-electron chi connectivity index (χ2n) is 6.51. The number of carbonyl (C=O) groups is 1. The highest BCUT2D eigenvalue weighted by Gasteiger charge is 2.31. The molecule has 1 amide bonds. The fourth-order valence-corrected chi connectivity index (χ4v) is 3.79. The summed E-state index contributed by atoms with van der Waals surface area (Å²) >= 11 is 1.24. The molecule has 0 fully saturated rings. The molecule has 0 radical (unpaired) electrons. The lowest BCUT2D eigenvalue weighted by Gasteiger charge is -2.08. The zero-order valence-electron chi connectivity index (χ0n) is 15.7. The Labute approximate surface area is 165 Å². The van der Waals surface area contributed by atoms with Crippen LogP contribution in [0.4, 0.5) is 18.3 Å². The highest BCUT2D eigenvalue weighted by molar-refractivity contribution is 7.14. The highest BCUT2D eigenvalue weighted by Crippen LogP contribution is 2.31. The minimum absolute atomic E-state index is 0.0623. The van der Waals surface area contributed by atoms with Gasteiger partial charge in [-0.1, -0.05) is 13.0 Å². The Morgan fingerprint density at radius 2 is 2.00 bits per heavy atom. The number of hydrogen-bond donors (Lipinski definition) is 1. The zero-order valence-corrected chi connectivity index (χ0v) is 16.5. The van der Waals surface area contributed by atoms with E-state index in [0.717, 1.165) is 47.7 Å². The van der Waals surface area contributed by atoms with Crippen LogP contribution in [0.3, 0.4) is 0 Å². The Morgan fingerprint density at radius 1 is 1.25 bits per heavy atom. The molecule has 2 heterocycles. The Morgan fingerprint density at radius 3 is 2.68 bits per heavy atom. The van der Waals surface area contributed by atoms with Crippen molar-refractivity contribution >= 4 is 22.4 Å². The van der Waals surface area contributed by atoms with Crippen molar-refractivity contribution in [1.82, 2.24) is 9.55 Å². The van der Waals surface area contributed by atoms with E-state index in [1.54, 1.807) is 0 Å². The van der Waals surface area contributed by atoms with Gasteiger partial charge in [0.2, 0.25) is 0 Å². The fourth-order valence-electron chi connectivity index (χ4n) is 3.09. The number of nitrogens with one attached hydrogen (secondary N) is 1. The molecule has 0 spiro atoms. The van der Waals surface area contributed by atoms with Crippen LogP contribution in [0.15, 0.2) is 35.7 Å². The van der Waals surface area contributed by atoms with Gasteiger partial charge in [-0.3, -0.25) is 10.1 Å². The number of aromatic nitrogens is 2. The van der Waals surface area contributed by atoms with Gasteiger partial charge in [-0.2, -0.15) is 13.2 Å². The summed E-state index contributed by atoms with van der Waals surface area (Å²) in [4.78, 5) is 16.8. The number of benzene rings is 1. The number of aryl methyl sites for hydroxylation is 1. The maximum absolute atomic E-state index is 12.8. The molecule has 3 rings (SSSR count). The highest BCUT2D eigenvalue weighted by atomic mass is 32.1. The molecule has 0 aliphatic heterocycles. The standard InChI is InChI=1S/C20H20F3N3OS/c1-4-8-26-12(2)9-16(13(26)3)17-11-28-19(24-17)25-18(27)14-6-5-7-15(10-14)20(21,22)23/h5-7,9-11H,4,8H2,1-3H3,(H,24,25,27). The molecule has 0 saturated carbocycles. The molecule has 8 heteroatoms. The van der Waals surface area contributed by atoms with Crippen molar-refractivity contribution in [1.29, 1.82) is 0 Å². The van der Waals surface area contributed by atoms with Crippen LogP contribution in [-0.4, -0.2) is 15.5 Å². The molecule has 1 aromatic carbocycles. The number of amides is 1. The van der Waals surface area contributed by atoms with Crippen molar-refractivity contribution in [3.05, 3.63) is 58.2 Å². The second kappa shape index (κ2) is 7.79. The lowest BCUT2D eigenvalue weighted by molar-refractivity contribution is -0.137. The fraction of sp³-hybridized carbons (Fsp3) is 0.300. The number of carbonyl (C=O) groups excluding carboxylic acids is 1. The molecular formula is C20H20F3N3OS. The van der Waals surface area contributed by atoms with Crippen LogP contribution in [0, 0.1) is 13.8 Å². The molecule has 2 aromatic heterocycles. The summed E-state index contributed by atoms with van der Waals surface area (Å²) in [5.41, 5.74) is 3.04. The predicted octanol–water partition coefficient (Wildman–Crippen LogP) is 5.91. The van der Waals surface area contributed by atoms with Crippen molar-refractivity contribution in [3.63, 3.8) is 0 Å². The lowest BCUT2D eigenvalue weighted by atomic mass is 10.1. The molecule has 1 N–H and O–H groups in total. The summed E-state index contributed by atoms with van der Waals surface area (Å²) in [6, 6.07) is 6.39. The number of hydrogen-bond acceptors (Lipinski definition) is 3. The van der Waals surface area contributed by atoms with Crippen LogP contribution in [0.25, 0.3) is 11.3 Å². The molecule has 0 bridgehead atoms. The van der Waals surface area contributed by atoms with Crippen LogP contribution in [0.1, 0.15) is 40.7 Å². The van der Waals surface area contributed by atoms with Crippen molar-refractivity contribution in [2.75, 3.05) is 5.32 Å². The SMILES string of the molecule is CCCn1c(C)cc(-c2csc(NC(=O)c3cccc(C(F)(F)F)c3)n2)c1C. The topological polar surface area (TPSA) is 46.9 Å². The number of halogens is 3. The van der Waals surface area contributed by atoms with Gasteiger partial charge >= 0.3 is 6.18 Å². The maximum Gasteiger partial charge on any atom is 0.416 e. The van der Waals surface area contributed by atoms with Gasteiger partial charge in [0, 0.05) is 34.4 Å². The molecule has 0 aliphatic carbocycles. The average molecular weight is 407 g/mol. The first-order chi connectivity index (χ1) is 13.2. The van der Waals surface area contributed by atoms with Gasteiger partial charge in [-0.25, -0.2) is 4.98 Å². The van der Waals surface area contributed by atoms with E-state index in [1.165, 1.54) is 23.5 Å². The van der Waals surface area contributed by atoms with Gasteiger partial charge in [0.05, 0.1) is 11.3 Å². The first-order valence-corrected chi connectivity index (χ1v) is 9.70. The van der Waals surface area contributed by atoms with Gasteiger partial charge in [0.15, 0.2) is 5.13 Å². The van der Waals surface area contributed by atoms with Gasteiger partial charge in [-0.05, 0) is 44.5 Å². The van der Waals surface area contributed by atoms with Gasteiger partial charge in [0.25, 0.3) is 5.91 Å². The van der Waals surface area contributed by atoms with E-state index in [1.807, 2.05) is 19.2 Å². The van der Waals surface area contributed by atoms with E-state index >= 15 is 0 Å². The molecule has 0 aliphatic rings. The molecule has 0 unspecified atom stereocenters. The zero-order chi connectivity index (χ0) is 20.5. The van der Waals surface area contributed by atoms with E-state index < -0.39 is 17.6 Å². The van der Waals surface area contributed by atoms with Crippen LogP contribution in [-0.2, 0) is 12.7 Å². The largest absolute Gasteiger partial charge is 0.416 e. The van der Waals surface area contributed by atoms with Gasteiger partial charge in [0.1, 0.15) is 0 Å². The van der Waals surface area contributed by atoms with Crippen molar-refractivity contribution < 1.29 is 18.0 Å². The summed E-state index contributed by atoms with van der Waals surface area (Å²) in [5, 5.41) is 4.77. The third kappa shape index (κ3) is 4.11. The summed E-state index contributed by atoms with van der Waals surface area (Å²) in [6.45, 7) is 7.09. The Kier molecular flexibility index (Phi) is 5.60. The molecular weight excluding hydrogens is 387 g/mol. The Balaban J connectivity index is 1.80. The van der Waals surface area contributed by atoms with Crippen molar-refractivity contribution in [2.45, 2.75) is 39.9 Å². The lowest BCUT2D eigenvalue weighted by Crippen LogP contribution is -2.13. The Bertz CT molecular complexity index is 1000. The van der Waals surface area contributed by atoms with Crippen LogP contribution >= 0.6 is 11.3 Å². The monoisotopic (exact) mass is 407 g/mol.